The first-order chi connectivity index (χ1) is 11.2. The highest BCUT2D eigenvalue weighted by atomic mass is 35.5. The first kappa shape index (κ1) is 15.6. The van der Waals surface area contributed by atoms with E-state index >= 15 is 0 Å². The van der Waals surface area contributed by atoms with Crippen molar-refractivity contribution in [3.63, 3.8) is 0 Å². The van der Waals surface area contributed by atoms with Crippen molar-refractivity contribution >= 4 is 17.5 Å². The van der Waals surface area contributed by atoms with Gasteiger partial charge in [-0.1, -0.05) is 29.8 Å². The molecule has 23 heavy (non-hydrogen) atoms. The molecule has 0 saturated carbocycles. The van der Waals surface area contributed by atoms with Crippen molar-refractivity contribution in [3.05, 3.63) is 76.8 Å². The van der Waals surface area contributed by atoms with E-state index in [-0.39, 0.29) is 11.9 Å². The molecule has 0 radical (unpaired) electrons. The molecule has 3 rings (SSSR count). The first-order valence-electron chi connectivity index (χ1n) is 7.54. The maximum atomic E-state index is 12.5. The average molecular weight is 329 g/mol. The van der Waals surface area contributed by atoms with Gasteiger partial charge in [-0.2, -0.15) is 0 Å². The van der Waals surface area contributed by atoms with Gasteiger partial charge >= 0.3 is 0 Å². The molecule has 2 heterocycles. The number of hydrogen-bond donors (Lipinski definition) is 1. The SMILES string of the molecule is O=C(N[C@H](c1cccc(Cl)c1)c1ccccn1)C1=CCCCO1. The van der Waals surface area contributed by atoms with Crippen molar-refractivity contribution in [1.82, 2.24) is 10.3 Å². The van der Waals surface area contributed by atoms with Crippen LogP contribution in [-0.2, 0) is 9.53 Å². The summed E-state index contributed by atoms with van der Waals surface area (Å²) in [6.07, 6.45) is 5.32. The number of nitrogens with zero attached hydrogens (tertiary/aromatic N) is 1. The van der Waals surface area contributed by atoms with Crippen LogP contribution >= 0.6 is 11.6 Å². The molecule has 0 bridgehead atoms. The van der Waals surface area contributed by atoms with Crippen LogP contribution in [0.5, 0.6) is 0 Å². The second-order valence-corrected chi connectivity index (χ2v) is 5.71. The van der Waals surface area contributed by atoms with Crippen LogP contribution in [0.1, 0.15) is 30.1 Å². The largest absolute Gasteiger partial charge is 0.488 e. The summed E-state index contributed by atoms with van der Waals surface area (Å²) in [5.74, 6) is 0.138. The molecule has 0 unspecified atom stereocenters. The van der Waals surface area contributed by atoms with Gasteiger partial charge in [0.05, 0.1) is 18.3 Å². The van der Waals surface area contributed by atoms with Gasteiger partial charge in [-0.3, -0.25) is 9.78 Å². The van der Waals surface area contributed by atoms with E-state index in [1.54, 1.807) is 12.3 Å². The molecule has 1 N–H and O–H groups in total. The second kappa shape index (κ2) is 7.29. The molecule has 5 heteroatoms. The van der Waals surface area contributed by atoms with Crippen molar-refractivity contribution in [3.8, 4) is 0 Å². The first-order valence-corrected chi connectivity index (χ1v) is 7.92. The lowest BCUT2D eigenvalue weighted by Gasteiger charge is -2.21. The minimum atomic E-state index is -0.381. The number of hydrogen-bond acceptors (Lipinski definition) is 3. The molecule has 1 atom stereocenters. The van der Waals surface area contributed by atoms with E-state index in [9.17, 15) is 4.79 Å². The van der Waals surface area contributed by atoms with Crippen LogP contribution in [0, 0.1) is 0 Å². The third-order valence-electron chi connectivity index (χ3n) is 3.60. The maximum absolute atomic E-state index is 12.5. The Bertz CT molecular complexity index is 716. The predicted molar refractivity (Wildman–Crippen MR) is 88.9 cm³/mol. The van der Waals surface area contributed by atoms with E-state index in [0.29, 0.717) is 17.4 Å². The van der Waals surface area contributed by atoms with E-state index in [1.807, 2.05) is 42.5 Å². The van der Waals surface area contributed by atoms with E-state index < -0.39 is 0 Å². The number of allylic oxidation sites excluding steroid dienone is 1. The van der Waals surface area contributed by atoms with E-state index in [1.165, 1.54) is 0 Å². The third-order valence-corrected chi connectivity index (χ3v) is 3.84. The Balaban J connectivity index is 1.89. The highest BCUT2D eigenvalue weighted by Crippen LogP contribution is 2.24. The number of carbonyl (C=O) groups excluding carboxylic acids is 1. The summed E-state index contributed by atoms with van der Waals surface area (Å²) in [7, 11) is 0. The van der Waals surface area contributed by atoms with Crippen molar-refractivity contribution in [2.75, 3.05) is 6.61 Å². The van der Waals surface area contributed by atoms with Crippen LogP contribution in [0.15, 0.2) is 60.5 Å². The zero-order valence-corrected chi connectivity index (χ0v) is 13.3. The van der Waals surface area contributed by atoms with Crippen LogP contribution in [0.25, 0.3) is 0 Å². The van der Waals surface area contributed by atoms with Crippen molar-refractivity contribution in [1.29, 1.82) is 0 Å². The number of ether oxygens (including phenoxy) is 1. The molecular formula is C18H17ClN2O2. The van der Waals surface area contributed by atoms with Gasteiger partial charge in [0, 0.05) is 11.2 Å². The monoisotopic (exact) mass is 328 g/mol. The fraction of sp³-hybridized carbons (Fsp3) is 0.222. The summed E-state index contributed by atoms with van der Waals surface area (Å²) in [6, 6.07) is 12.6. The van der Waals surface area contributed by atoms with Crippen LogP contribution in [0.4, 0.5) is 0 Å². The van der Waals surface area contributed by atoms with E-state index in [2.05, 4.69) is 10.3 Å². The van der Waals surface area contributed by atoms with Gasteiger partial charge in [0.2, 0.25) is 0 Å². The summed E-state index contributed by atoms with van der Waals surface area (Å²) in [5.41, 5.74) is 1.63. The Hall–Kier alpha value is -2.33. The number of pyridine rings is 1. The standard InChI is InChI=1S/C18H17ClN2O2/c19-14-7-5-6-13(12-14)17(15-8-1-3-10-20-15)21-18(22)16-9-2-4-11-23-16/h1,3,5-10,12,17H,2,4,11H2,(H,21,22)/t17-/m1/s1. The summed E-state index contributed by atoms with van der Waals surface area (Å²) in [6.45, 7) is 0.574. The molecule has 1 aliphatic heterocycles. The molecule has 4 nitrogen and oxygen atoms in total. The van der Waals surface area contributed by atoms with Gasteiger partial charge in [-0.25, -0.2) is 0 Å². The zero-order valence-electron chi connectivity index (χ0n) is 12.5. The normalized spacial score (nSPS) is 15.3. The number of carbonyl (C=O) groups is 1. The average Bonchev–Trinajstić information content (AvgIpc) is 2.61. The lowest BCUT2D eigenvalue weighted by molar-refractivity contribution is -0.121. The van der Waals surface area contributed by atoms with Crippen molar-refractivity contribution < 1.29 is 9.53 Å². The number of benzene rings is 1. The highest BCUT2D eigenvalue weighted by Gasteiger charge is 2.22. The molecule has 0 saturated heterocycles. The van der Waals surface area contributed by atoms with Gasteiger partial charge in [0.1, 0.15) is 0 Å². The number of halogens is 1. The molecule has 0 fully saturated rings. The predicted octanol–water partition coefficient (Wildman–Crippen LogP) is 3.63. The summed E-state index contributed by atoms with van der Waals surface area (Å²) in [5, 5.41) is 3.61. The molecule has 1 aromatic carbocycles. The summed E-state index contributed by atoms with van der Waals surface area (Å²) < 4.78 is 5.44. The van der Waals surface area contributed by atoms with Gasteiger partial charge in [-0.05, 0) is 48.7 Å². The minimum Gasteiger partial charge on any atom is -0.488 e. The number of amides is 1. The van der Waals surface area contributed by atoms with Gasteiger partial charge in [0.15, 0.2) is 5.76 Å². The molecule has 1 aliphatic rings. The highest BCUT2D eigenvalue weighted by molar-refractivity contribution is 6.30. The third kappa shape index (κ3) is 3.90. The minimum absolute atomic E-state index is 0.236. The van der Waals surface area contributed by atoms with Crippen LogP contribution in [-0.4, -0.2) is 17.5 Å². The van der Waals surface area contributed by atoms with Gasteiger partial charge < -0.3 is 10.1 Å². The Morgan fingerprint density at radius 2 is 2.17 bits per heavy atom. The molecular weight excluding hydrogens is 312 g/mol. The molecule has 0 aliphatic carbocycles. The molecule has 2 aromatic rings. The van der Waals surface area contributed by atoms with Crippen LogP contribution in [0.3, 0.4) is 0 Å². The van der Waals surface area contributed by atoms with Crippen molar-refractivity contribution in [2.24, 2.45) is 0 Å². The summed E-state index contributed by atoms with van der Waals surface area (Å²) >= 11 is 6.09. The van der Waals surface area contributed by atoms with Gasteiger partial charge in [0.25, 0.3) is 5.91 Å². The molecule has 1 amide bonds. The number of rotatable bonds is 4. The fourth-order valence-electron chi connectivity index (χ4n) is 2.48. The quantitative estimate of drug-likeness (QED) is 0.932. The fourth-order valence-corrected chi connectivity index (χ4v) is 2.68. The topological polar surface area (TPSA) is 51.2 Å². The van der Waals surface area contributed by atoms with Crippen LogP contribution < -0.4 is 5.32 Å². The Morgan fingerprint density at radius 3 is 2.87 bits per heavy atom. The zero-order chi connectivity index (χ0) is 16.1. The number of aromatic nitrogens is 1. The van der Waals surface area contributed by atoms with Crippen molar-refractivity contribution in [2.45, 2.75) is 18.9 Å². The Morgan fingerprint density at radius 1 is 1.26 bits per heavy atom. The van der Waals surface area contributed by atoms with E-state index in [0.717, 1.165) is 24.1 Å². The molecule has 0 spiro atoms. The lowest BCUT2D eigenvalue weighted by atomic mass is 10.0. The van der Waals surface area contributed by atoms with Crippen LogP contribution in [0.2, 0.25) is 5.02 Å². The lowest BCUT2D eigenvalue weighted by Crippen LogP contribution is -2.32. The second-order valence-electron chi connectivity index (χ2n) is 5.28. The maximum Gasteiger partial charge on any atom is 0.286 e. The molecule has 1 aromatic heterocycles. The smallest absolute Gasteiger partial charge is 0.286 e. The van der Waals surface area contributed by atoms with E-state index in [4.69, 9.17) is 16.3 Å². The Kier molecular flexibility index (Phi) is 4.93. The van der Waals surface area contributed by atoms with Gasteiger partial charge in [-0.15, -0.1) is 0 Å². The Labute approximate surface area is 140 Å². The molecule has 118 valence electrons. The number of nitrogens with one attached hydrogen (secondary N) is 1. The summed E-state index contributed by atoms with van der Waals surface area (Å²) in [4.78, 5) is 16.8.